The lowest BCUT2D eigenvalue weighted by molar-refractivity contribution is -0.118. The highest BCUT2D eigenvalue weighted by Crippen LogP contribution is 2.31. The van der Waals surface area contributed by atoms with Crippen molar-refractivity contribution in [3.05, 3.63) is 59.7 Å². The van der Waals surface area contributed by atoms with Crippen molar-refractivity contribution in [3.8, 4) is 0 Å². The van der Waals surface area contributed by atoms with E-state index in [0.717, 1.165) is 18.4 Å². The quantitative estimate of drug-likeness (QED) is 0.772. The number of halogens is 2. The van der Waals surface area contributed by atoms with Gasteiger partial charge in [-0.15, -0.1) is 11.8 Å². The van der Waals surface area contributed by atoms with Crippen LogP contribution in [0.1, 0.15) is 18.4 Å². The molecule has 2 aromatic rings. The molecule has 0 aromatic heterocycles. The molecule has 1 aliphatic rings. The Morgan fingerprint density at radius 1 is 1.09 bits per heavy atom. The molecule has 0 unspecified atom stereocenters. The summed E-state index contributed by atoms with van der Waals surface area (Å²) < 4.78 is 27.6. The number of benzene rings is 2. The standard InChI is InChI=1S/C18H17F2NOS/c19-14-7-1-2-9-16(14)23-12-10-17(22)21-11-4-6-13-5-3-8-15(20)18(13)21/h1-3,5,7-9H,4,6,10-12H2. The summed E-state index contributed by atoms with van der Waals surface area (Å²) in [7, 11) is 0. The maximum absolute atomic E-state index is 14.1. The lowest BCUT2D eigenvalue weighted by atomic mass is 10.0. The minimum atomic E-state index is -0.350. The monoisotopic (exact) mass is 333 g/mol. The van der Waals surface area contributed by atoms with E-state index in [2.05, 4.69) is 0 Å². The van der Waals surface area contributed by atoms with Crippen molar-refractivity contribution in [2.45, 2.75) is 24.2 Å². The van der Waals surface area contributed by atoms with Crippen LogP contribution in [0.25, 0.3) is 0 Å². The number of nitrogens with zero attached hydrogens (tertiary/aromatic N) is 1. The molecule has 1 amide bonds. The highest BCUT2D eigenvalue weighted by atomic mass is 32.2. The van der Waals surface area contributed by atoms with Gasteiger partial charge in [-0.1, -0.05) is 24.3 Å². The zero-order chi connectivity index (χ0) is 16.2. The van der Waals surface area contributed by atoms with Crippen molar-refractivity contribution in [2.24, 2.45) is 0 Å². The third kappa shape index (κ3) is 3.55. The fourth-order valence-electron chi connectivity index (χ4n) is 2.80. The molecule has 0 saturated carbocycles. The first kappa shape index (κ1) is 16.0. The Morgan fingerprint density at radius 3 is 2.70 bits per heavy atom. The van der Waals surface area contributed by atoms with Crippen molar-refractivity contribution in [2.75, 3.05) is 17.2 Å². The molecule has 0 spiro atoms. The second-order valence-corrected chi connectivity index (χ2v) is 6.56. The Kier molecular flexibility index (Phi) is 4.96. The van der Waals surface area contributed by atoms with Crippen LogP contribution >= 0.6 is 11.8 Å². The van der Waals surface area contributed by atoms with Gasteiger partial charge in [0.15, 0.2) is 0 Å². The molecular formula is C18H17F2NOS. The average molecular weight is 333 g/mol. The number of fused-ring (bicyclic) bond motifs is 1. The molecule has 0 atom stereocenters. The van der Waals surface area contributed by atoms with Gasteiger partial charge in [-0.25, -0.2) is 8.78 Å². The number of aryl methyl sites for hydroxylation is 1. The lowest BCUT2D eigenvalue weighted by Crippen LogP contribution is -2.36. The second kappa shape index (κ2) is 7.13. The molecule has 120 valence electrons. The minimum absolute atomic E-state index is 0.111. The maximum atomic E-state index is 14.1. The Labute approximate surface area is 138 Å². The van der Waals surface area contributed by atoms with Crippen molar-refractivity contribution in [1.29, 1.82) is 0 Å². The van der Waals surface area contributed by atoms with Gasteiger partial charge in [-0.05, 0) is 36.6 Å². The molecule has 0 bridgehead atoms. The molecule has 0 fully saturated rings. The van der Waals surface area contributed by atoms with Crippen LogP contribution < -0.4 is 4.90 Å². The van der Waals surface area contributed by atoms with E-state index in [-0.39, 0.29) is 24.0 Å². The molecule has 2 nitrogen and oxygen atoms in total. The zero-order valence-electron chi connectivity index (χ0n) is 12.6. The molecule has 0 saturated heterocycles. The SMILES string of the molecule is O=C(CCSc1ccccc1F)N1CCCc2cccc(F)c21. The number of carbonyl (C=O) groups excluding carboxylic acids is 1. The lowest BCUT2D eigenvalue weighted by Gasteiger charge is -2.29. The van der Waals surface area contributed by atoms with E-state index in [1.165, 1.54) is 28.8 Å². The van der Waals surface area contributed by atoms with Gasteiger partial charge in [0.25, 0.3) is 0 Å². The molecule has 3 rings (SSSR count). The fraction of sp³-hybridized carbons (Fsp3) is 0.278. The van der Waals surface area contributed by atoms with E-state index in [0.29, 0.717) is 22.9 Å². The maximum Gasteiger partial charge on any atom is 0.227 e. The Hall–Kier alpha value is -1.88. The first-order valence-corrected chi connectivity index (χ1v) is 8.60. The van der Waals surface area contributed by atoms with E-state index in [1.807, 2.05) is 6.07 Å². The van der Waals surface area contributed by atoms with Crippen LogP contribution in [0.5, 0.6) is 0 Å². The third-order valence-corrected chi connectivity index (χ3v) is 4.93. The molecule has 1 heterocycles. The van der Waals surface area contributed by atoms with Crippen molar-refractivity contribution in [3.63, 3.8) is 0 Å². The van der Waals surface area contributed by atoms with Gasteiger partial charge in [0.2, 0.25) is 5.91 Å². The highest BCUT2D eigenvalue weighted by Gasteiger charge is 2.25. The topological polar surface area (TPSA) is 20.3 Å². The number of amides is 1. The van der Waals surface area contributed by atoms with Crippen molar-refractivity contribution >= 4 is 23.4 Å². The van der Waals surface area contributed by atoms with Crippen LogP contribution in [0.15, 0.2) is 47.4 Å². The minimum Gasteiger partial charge on any atom is -0.309 e. The Morgan fingerprint density at radius 2 is 1.87 bits per heavy atom. The molecule has 0 aliphatic carbocycles. The van der Waals surface area contributed by atoms with E-state index in [1.54, 1.807) is 24.3 Å². The van der Waals surface area contributed by atoms with Crippen LogP contribution in [-0.2, 0) is 11.2 Å². The highest BCUT2D eigenvalue weighted by molar-refractivity contribution is 7.99. The number of carbonyl (C=O) groups is 1. The van der Waals surface area contributed by atoms with E-state index in [4.69, 9.17) is 0 Å². The van der Waals surface area contributed by atoms with Crippen LogP contribution in [0.4, 0.5) is 14.5 Å². The molecule has 0 radical (unpaired) electrons. The van der Waals surface area contributed by atoms with Crippen LogP contribution in [0.2, 0.25) is 0 Å². The van der Waals surface area contributed by atoms with Crippen LogP contribution in [0, 0.1) is 11.6 Å². The Bertz CT molecular complexity index is 720. The van der Waals surface area contributed by atoms with Gasteiger partial charge in [0.05, 0.1) is 5.69 Å². The number of anilines is 1. The van der Waals surface area contributed by atoms with Gasteiger partial charge in [0.1, 0.15) is 11.6 Å². The van der Waals surface area contributed by atoms with Crippen LogP contribution in [0.3, 0.4) is 0 Å². The summed E-state index contributed by atoms with van der Waals surface area (Å²) in [6, 6.07) is 11.4. The summed E-state index contributed by atoms with van der Waals surface area (Å²) in [5.41, 5.74) is 1.30. The summed E-state index contributed by atoms with van der Waals surface area (Å²) in [5.74, 6) is -0.267. The molecule has 0 N–H and O–H groups in total. The van der Waals surface area contributed by atoms with Gasteiger partial charge >= 0.3 is 0 Å². The zero-order valence-corrected chi connectivity index (χ0v) is 13.4. The summed E-state index contributed by atoms with van der Waals surface area (Å²) in [4.78, 5) is 14.5. The molecule has 23 heavy (non-hydrogen) atoms. The van der Waals surface area contributed by atoms with Crippen molar-refractivity contribution < 1.29 is 13.6 Å². The largest absolute Gasteiger partial charge is 0.309 e. The Balaban J connectivity index is 1.65. The second-order valence-electron chi connectivity index (χ2n) is 5.43. The number of hydrogen-bond donors (Lipinski definition) is 0. The van der Waals surface area contributed by atoms with E-state index in [9.17, 15) is 13.6 Å². The van der Waals surface area contributed by atoms with Gasteiger partial charge < -0.3 is 4.90 Å². The summed E-state index contributed by atoms with van der Waals surface area (Å²) in [6.07, 6.45) is 1.89. The summed E-state index contributed by atoms with van der Waals surface area (Å²) >= 11 is 1.31. The summed E-state index contributed by atoms with van der Waals surface area (Å²) in [6.45, 7) is 0.539. The van der Waals surface area contributed by atoms with Gasteiger partial charge in [0, 0.05) is 23.6 Å². The third-order valence-electron chi connectivity index (χ3n) is 3.88. The molecule has 5 heteroatoms. The smallest absolute Gasteiger partial charge is 0.227 e. The van der Waals surface area contributed by atoms with E-state index >= 15 is 0 Å². The summed E-state index contributed by atoms with van der Waals surface area (Å²) in [5, 5.41) is 0. The number of para-hydroxylation sites is 1. The molecule has 2 aromatic carbocycles. The molecular weight excluding hydrogens is 316 g/mol. The van der Waals surface area contributed by atoms with Crippen molar-refractivity contribution in [1.82, 2.24) is 0 Å². The predicted molar refractivity (Wildman–Crippen MR) is 88.8 cm³/mol. The van der Waals surface area contributed by atoms with Crippen LogP contribution in [-0.4, -0.2) is 18.2 Å². The van der Waals surface area contributed by atoms with Gasteiger partial charge in [-0.2, -0.15) is 0 Å². The van der Waals surface area contributed by atoms with Gasteiger partial charge in [-0.3, -0.25) is 4.79 Å². The molecule has 1 aliphatic heterocycles. The average Bonchev–Trinajstić information content (AvgIpc) is 2.56. The normalized spacial score (nSPS) is 13.7. The fourth-order valence-corrected chi connectivity index (χ4v) is 3.68. The van der Waals surface area contributed by atoms with E-state index < -0.39 is 0 Å². The number of thioether (sulfide) groups is 1. The predicted octanol–water partition coefficient (Wildman–Crippen LogP) is 4.43. The number of rotatable bonds is 4. The first-order chi connectivity index (χ1) is 11.2. The number of hydrogen-bond acceptors (Lipinski definition) is 2. The first-order valence-electron chi connectivity index (χ1n) is 7.62.